The van der Waals surface area contributed by atoms with Gasteiger partial charge in [-0.1, -0.05) is 0 Å². The Morgan fingerprint density at radius 2 is 1.86 bits per heavy atom. The third-order valence-corrected chi connectivity index (χ3v) is 2.75. The molecule has 3 heteroatoms. The van der Waals surface area contributed by atoms with Crippen LogP contribution in [-0.2, 0) is 0 Å². The number of pyridine rings is 1. The molecular formula is C11H17N3. The average Bonchev–Trinajstić information content (AvgIpc) is 2.44. The number of hydrogen-bond acceptors (Lipinski definition) is 3. The van der Waals surface area contributed by atoms with Crippen LogP contribution in [0.25, 0.3) is 0 Å². The van der Waals surface area contributed by atoms with Gasteiger partial charge in [0, 0.05) is 37.7 Å². The highest BCUT2D eigenvalue weighted by molar-refractivity contribution is 5.44. The summed E-state index contributed by atoms with van der Waals surface area (Å²) in [6.45, 7) is 4.65. The van der Waals surface area contributed by atoms with Gasteiger partial charge in [0.05, 0.1) is 0 Å². The van der Waals surface area contributed by atoms with Crippen LogP contribution in [-0.4, -0.2) is 43.1 Å². The lowest BCUT2D eigenvalue weighted by Gasteiger charge is -2.22. The lowest BCUT2D eigenvalue weighted by atomic mass is 10.3. The van der Waals surface area contributed by atoms with Crippen LogP contribution < -0.4 is 4.90 Å². The fourth-order valence-electron chi connectivity index (χ4n) is 1.86. The molecule has 0 unspecified atom stereocenters. The molecule has 2 heterocycles. The van der Waals surface area contributed by atoms with Crippen LogP contribution in [0.15, 0.2) is 24.5 Å². The third-order valence-electron chi connectivity index (χ3n) is 2.75. The Balaban J connectivity index is 2.04. The topological polar surface area (TPSA) is 19.4 Å². The van der Waals surface area contributed by atoms with Gasteiger partial charge in [0.25, 0.3) is 0 Å². The normalized spacial score (nSPS) is 19.4. The molecule has 0 amide bonds. The standard InChI is InChI=1S/C11H17N3/c1-13-7-2-8-14(10-9-13)11-3-5-12-6-4-11/h3-6H,2,7-10H2,1H3. The van der Waals surface area contributed by atoms with E-state index in [1.807, 2.05) is 12.4 Å². The number of nitrogens with zero attached hydrogens (tertiary/aromatic N) is 3. The van der Waals surface area contributed by atoms with Crippen LogP contribution >= 0.6 is 0 Å². The summed E-state index contributed by atoms with van der Waals surface area (Å²) in [4.78, 5) is 8.87. The molecule has 1 saturated heterocycles. The maximum atomic E-state index is 4.04. The van der Waals surface area contributed by atoms with Gasteiger partial charge in [0.15, 0.2) is 0 Å². The second kappa shape index (κ2) is 4.42. The SMILES string of the molecule is CN1CCCN(c2ccncc2)CC1. The molecule has 0 N–H and O–H groups in total. The molecule has 0 spiro atoms. The summed E-state index contributed by atoms with van der Waals surface area (Å²) in [6.07, 6.45) is 4.98. The zero-order valence-electron chi connectivity index (χ0n) is 8.69. The van der Waals surface area contributed by atoms with Crippen LogP contribution in [0.2, 0.25) is 0 Å². The minimum atomic E-state index is 1.13. The predicted molar refractivity (Wildman–Crippen MR) is 58.6 cm³/mol. The van der Waals surface area contributed by atoms with Gasteiger partial charge in [-0.15, -0.1) is 0 Å². The van der Waals surface area contributed by atoms with Gasteiger partial charge in [-0.25, -0.2) is 0 Å². The van der Waals surface area contributed by atoms with E-state index >= 15 is 0 Å². The molecule has 0 bridgehead atoms. The van der Waals surface area contributed by atoms with E-state index in [0.717, 1.165) is 19.6 Å². The molecule has 1 fully saturated rings. The molecule has 2 rings (SSSR count). The molecule has 0 atom stereocenters. The first-order valence-corrected chi connectivity index (χ1v) is 5.20. The lowest BCUT2D eigenvalue weighted by molar-refractivity contribution is 0.360. The van der Waals surface area contributed by atoms with Crippen molar-refractivity contribution in [2.45, 2.75) is 6.42 Å². The van der Waals surface area contributed by atoms with E-state index in [4.69, 9.17) is 0 Å². The maximum absolute atomic E-state index is 4.04. The van der Waals surface area contributed by atoms with E-state index < -0.39 is 0 Å². The highest BCUT2D eigenvalue weighted by atomic mass is 15.2. The molecule has 0 aliphatic carbocycles. The van der Waals surface area contributed by atoms with Crippen LogP contribution in [0, 0.1) is 0 Å². The molecule has 14 heavy (non-hydrogen) atoms. The number of aromatic nitrogens is 1. The number of hydrogen-bond donors (Lipinski definition) is 0. The van der Waals surface area contributed by atoms with E-state index in [1.165, 1.54) is 18.7 Å². The summed E-state index contributed by atoms with van der Waals surface area (Å²) in [5, 5.41) is 0. The Hall–Kier alpha value is -1.09. The number of anilines is 1. The van der Waals surface area contributed by atoms with Gasteiger partial charge in [-0.05, 0) is 32.1 Å². The molecule has 0 radical (unpaired) electrons. The van der Waals surface area contributed by atoms with E-state index in [-0.39, 0.29) is 0 Å². The van der Waals surface area contributed by atoms with Crippen molar-refractivity contribution < 1.29 is 0 Å². The van der Waals surface area contributed by atoms with Gasteiger partial charge in [0.2, 0.25) is 0 Å². The second-order valence-electron chi connectivity index (χ2n) is 3.85. The van der Waals surface area contributed by atoms with Crippen molar-refractivity contribution in [2.24, 2.45) is 0 Å². The zero-order chi connectivity index (χ0) is 9.80. The molecule has 1 aromatic heterocycles. The molecule has 1 aliphatic heterocycles. The first-order valence-electron chi connectivity index (χ1n) is 5.20. The van der Waals surface area contributed by atoms with Crippen molar-refractivity contribution in [3.05, 3.63) is 24.5 Å². The van der Waals surface area contributed by atoms with Gasteiger partial charge in [-0.3, -0.25) is 4.98 Å². The van der Waals surface area contributed by atoms with E-state index in [0.29, 0.717) is 0 Å². The Bertz CT molecular complexity index is 273. The van der Waals surface area contributed by atoms with Crippen LogP contribution in [0.1, 0.15) is 6.42 Å². The largest absolute Gasteiger partial charge is 0.370 e. The molecule has 1 aromatic rings. The third kappa shape index (κ3) is 2.23. The summed E-state index contributed by atoms with van der Waals surface area (Å²) in [6, 6.07) is 4.18. The van der Waals surface area contributed by atoms with Gasteiger partial charge in [0.1, 0.15) is 0 Å². The Morgan fingerprint density at radius 1 is 1.07 bits per heavy atom. The van der Waals surface area contributed by atoms with Crippen molar-refractivity contribution in [1.29, 1.82) is 0 Å². The van der Waals surface area contributed by atoms with Gasteiger partial charge >= 0.3 is 0 Å². The maximum Gasteiger partial charge on any atom is 0.0397 e. The van der Waals surface area contributed by atoms with Crippen LogP contribution in [0.4, 0.5) is 5.69 Å². The minimum Gasteiger partial charge on any atom is -0.370 e. The first kappa shape index (κ1) is 9.46. The van der Waals surface area contributed by atoms with Crippen molar-refractivity contribution in [3.8, 4) is 0 Å². The van der Waals surface area contributed by atoms with Crippen LogP contribution in [0.3, 0.4) is 0 Å². The Kier molecular flexibility index (Phi) is 2.99. The smallest absolute Gasteiger partial charge is 0.0397 e. The quantitative estimate of drug-likeness (QED) is 0.665. The van der Waals surface area contributed by atoms with E-state index in [2.05, 4.69) is 34.0 Å². The Labute approximate surface area is 85.4 Å². The average molecular weight is 191 g/mol. The van der Waals surface area contributed by atoms with Crippen molar-refractivity contribution in [1.82, 2.24) is 9.88 Å². The summed E-state index contributed by atoms with van der Waals surface area (Å²) >= 11 is 0. The number of likely N-dealkylation sites (N-methyl/N-ethyl adjacent to an activating group) is 1. The molecule has 0 aromatic carbocycles. The summed E-state index contributed by atoms with van der Waals surface area (Å²) < 4.78 is 0. The summed E-state index contributed by atoms with van der Waals surface area (Å²) in [5.41, 5.74) is 1.30. The molecule has 76 valence electrons. The molecule has 1 aliphatic rings. The van der Waals surface area contributed by atoms with Crippen LogP contribution in [0.5, 0.6) is 0 Å². The summed E-state index contributed by atoms with van der Waals surface area (Å²) in [7, 11) is 2.19. The molecule has 0 saturated carbocycles. The monoisotopic (exact) mass is 191 g/mol. The molecule has 3 nitrogen and oxygen atoms in total. The van der Waals surface area contributed by atoms with E-state index in [1.54, 1.807) is 0 Å². The Morgan fingerprint density at radius 3 is 2.64 bits per heavy atom. The van der Waals surface area contributed by atoms with E-state index in [9.17, 15) is 0 Å². The highest BCUT2D eigenvalue weighted by Gasteiger charge is 2.11. The van der Waals surface area contributed by atoms with Gasteiger partial charge < -0.3 is 9.80 Å². The second-order valence-corrected chi connectivity index (χ2v) is 3.85. The highest BCUT2D eigenvalue weighted by Crippen LogP contribution is 2.14. The minimum absolute atomic E-state index is 1.13. The fourth-order valence-corrected chi connectivity index (χ4v) is 1.86. The predicted octanol–water partition coefficient (Wildman–Crippen LogP) is 1.22. The fraction of sp³-hybridized carbons (Fsp3) is 0.545. The first-order chi connectivity index (χ1) is 6.86. The zero-order valence-corrected chi connectivity index (χ0v) is 8.69. The molecular weight excluding hydrogens is 174 g/mol. The summed E-state index contributed by atoms with van der Waals surface area (Å²) in [5.74, 6) is 0. The van der Waals surface area contributed by atoms with Crippen molar-refractivity contribution in [3.63, 3.8) is 0 Å². The number of rotatable bonds is 1. The van der Waals surface area contributed by atoms with Crippen molar-refractivity contribution >= 4 is 5.69 Å². The van der Waals surface area contributed by atoms with Gasteiger partial charge in [-0.2, -0.15) is 0 Å². The lowest BCUT2D eigenvalue weighted by Crippen LogP contribution is -2.28. The van der Waals surface area contributed by atoms with Crippen molar-refractivity contribution in [2.75, 3.05) is 38.1 Å².